The van der Waals surface area contributed by atoms with Crippen LogP contribution in [0.1, 0.15) is 12.5 Å². The molecule has 2 aromatic carbocycles. The van der Waals surface area contributed by atoms with Gasteiger partial charge < -0.3 is 20.7 Å². The second-order valence-corrected chi connectivity index (χ2v) is 5.65. The number of halogens is 3. The van der Waals surface area contributed by atoms with Gasteiger partial charge in [-0.25, -0.2) is 8.78 Å². The van der Waals surface area contributed by atoms with Crippen molar-refractivity contribution in [2.24, 2.45) is 4.99 Å². The van der Waals surface area contributed by atoms with E-state index in [0.29, 0.717) is 30.5 Å². The van der Waals surface area contributed by atoms with E-state index in [9.17, 15) is 13.6 Å². The number of amides is 1. The van der Waals surface area contributed by atoms with Crippen LogP contribution >= 0.6 is 24.0 Å². The SMILES string of the molecule is CN=C(NCCOc1cccc(NC(C)=O)c1)NCc1cc(F)ccc1F.I. The molecule has 0 aliphatic carbocycles. The van der Waals surface area contributed by atoms with Crippen LogP contribution in [-0.2, 0) is 11.3 Å². The third kappa shape index (κ3) is 8.07. The monoisotopic (exact) mass is 504 g/mol. The lowest BCUT2D eigenvalue weighted by atomic mass is 10.2. The van der Waals surface area contributed by atoms with Crippen molar-refractivity contribution in [3.8, 4) is 5.75 Å². The number of ether oxygens (including phenoxy) is 1. The molecule has 0 spiro atoms. The molecule has 0 unspecified atom stereocenters. The lowest BCUT2D eigenvalue weighted by Crippen LogP contribution is -2.39. The van der Waals surface area contributed by atoms with Gasteiger partial charge in [-0.3, -0.25) is 9.79 Å². The number of carbonyl (C=O) groups is 1. The zero-order valence-corrected chi connectivity index (χ0v) is 17.9. The largest absolute Gasteiger partial charge is 0.492 e. The molecule has 2 aromatic rings. The first-order valence-corrected chi connectivity index (χ1v) is 8.37. The summed E-state index contributed by atoms with van der Waals surface area (Å²) in [5, 5.41) is 8.61. The van der Waals surface area contributed by atoms with E-state index in [1.807, 2.05) is 0 Å². The Balaban J connectivity index is 0.00000392. The first-order valence-electron chi connectivity index (χ1n) is 8.37. The zero-order valence-electron chi connectivity index (χ0n) is 15.6. The molecule has 0 atom stereocenters. The molecule has 28 heavy (non-hydrogen) atoms. The summed E-state index contributed by atoms with van der Waals surface area (Å²) in [5.74, 6) is -0.0757. The van der Waals surface area contributed by atoms with Crippen molar-refractivity contribution in [2.75, 3.05) is 25.5 Å². The molecule has 3 N–H and O–H groups in total. The minimum absolute atomic E-state index is 0. The Bertz CT molecular complexity index is 818. The van der Waals surface area contributed by atoms with Gasteiger partial charge in [0.1, 0.15) is 24.0 Å². The highest BCUT2D eigenvalue weighted by molar-refractivity contribution is 14.0. The fourth-order valence-electron chi connectivity index (χ4n) is 2.28. The van der Waals surface area contributed by atoms with Crippen molar-refractivity contribution in [1.82, 2.24) is 10.6 Å². The van der Waals surface area contributed by atoms with E-state index in [4.69, 9.17) is 4.74 Å². The summed E-state index contributed by atoms with van der Waals surface area (Å²) in [7, 11) is 1.58. The Morgan fingerprint density at radius 3 is 2.64 bits per heavy atom. The number of aliphatic imine (C=N–C) groups is 1. The predicted octanol–water partition coefficient (Wildman–Crippen LogP) is 3.29. The first kappa shape index (κ1) is 23.6. The lowest BCUT2D eigenvalue weighted by molar-refractivity contribution is -0.114. The van der Waals surface area contributed by atoms with Crippen LogP contribution < -0.4 is 20.7 Å². The second kappa shape index (κ2) is 12.1. The number of guanidine groups is 1. The third-order valence-corrected chi connectivity index (χ3v) is 3.50. The van der Waals surface area contributed by atoms with Gasteiger partial charge >= 0.3 is 0 Å². The van der Waals surface area contributed by atoms with Gasteiger partial charge in [0.2, 0.25) is 5.91 Å². The van der Waals surface area contributed by atoms with Crippen molar-refractivity contribution in [2.45, 2.75) is 13.5 Å². The van der Waals surface area contributed by atoms with Gasteiger partial charge in [0.15, 0.2) is 5.96 Å². The molecule has 0 bridgehead atoms. The quantitative estimate of drug-likeness (QED) is 0.234. The van der Waals surface area contributed by atoms with Gasteiger partial charge in [-0.1, -0.05) is 6.07 Å². The number of carbonyl (C=O) groups excluding carboxylic acids is 1. The Labute approximate surface area is 179 Å². The smallest absolute Gasteiger partial charge is 0.221 e. The molecule has 0 heterocycles. The molecule has 0 aliphatic heterocycles. The van der Waals surface area contributed by atoms with E-state index in [2.05, 4.69) is 20.9 Å². The van der Waals surface area contributed by atoms with Crippen molar-refractivity contribution in [3.63, 3.8) is 0 Å². The van der Waals surface area contributed by atoms with Gasteiger partial charge in [-0.2, -0.15) is 0 Å². The minimum Gasteiger partial charge on any atom is -0.492 e. The maximum atomic E-state index is 13.6. The molecule has 0 aromatic heterocycles. The summed E-state index contributed by atoms with van der Waals surface area (Å²) in [5.41, 5.74) is 0.867. The van der Waals surface area contributed by atoms with Crippen LogP contribution in [0.5, 0.6) is 5.75 Å². The number of nitrogens with zero attached hydrogens (tertiary/aromatic N) is 1. The fraction of sp³-hybridized carbons (Fsp3) is 0.263. The maximum absolute atomic E-state index is 13.6. The van der Waals surface area contributed by atoms with Crippen molar-refractivity contribution < 1.29 is 18.3 Å². The van der Waals surface area contributed by atoms with E-state index in [1.165, 1.54) is 6.92 Å². The topological polar surface area (TPSA) is 74.8 Å². The molecular formula is C19H23F2IN4O2. The van der Waals surface area contributed by atoms with E-state index in [-0.39, 0.29) is 42.0 Å². The average molecular weight is 504 g/mol. The molecule has 9 heteroatoms. The van der Waals surface area contributed by atoms with E-state index >= 15 is 0 Å². The standard InChI is InChI=1S/C19H22F2N4O2.HI/c1-13(26)25-16-4-3-5-17(11-16)27-9-8-23-19(22-2)24-12-14-10-15(20)6-7-18(14)21;/h3-7,10-11H,8-9,12H2,1-2H3,(H,25,26)(H2,22,23,24);1H. The highest BCUT2D eigenvalue weighted by Crippen LogP contribution is 2.17. The number of nitrogens with one attached hydrogen (secondary N) is 3. The van der Waals surface area contributed by atoms with Crippen LogP contribution in [0.2, 0.25) is 0 Å². The van der Waals surface area contributed by atoms with Crippen molar-refractivity contribution >= 4 is 41.5 Å². The number of anilines is 1. The molecule has 6 nitrogen and oxygen atoms in total. The van der Waals surface area contributed by atoms with Crippen LogP contribution in [0.15, 0.2) is 47.5 Å². The summed E-state index contributed by atoms with van der Waals surface area (Å²) in [6, 6.07) is 10.4. The molecule has 152 valence electrons. The first-order chi connectivity index (χ1) is 13.0. The van der Waals surface area contributed by atoms with Gasteiger partial charge in [0.05, 0.1) is 6.54 Å². The molecule has 0 aliphatic rings. The van der Waals surface area contributed by atoms with Crippen molar-refractivity contribution in [3.05, 3.63) is 59.7 Å². The minimum atomic E-state index is -0.494. The molecule has 1 amide bonds. The zero-order chi connectivity index (χ0) is 19.6. The summed E-state index contributed by atoms with van der Waals surface area (Å²) in [6.45, 7) is 2.32. The molecule has 0 saturated carbocycles. The van der Waals surface area contributed by atoms with Gasteiger partial charge in [-0.05, 0) is 30.3 Å². The predicted molar refractivity (Wildman–Crippen MR) is 116 cm³/mol. The van der Waals surface area contributed by atoms with E-state index in [1.54, 1.807) is 31.3 Å². The molecule has 0 radical (unpaired) electrons. The lowest BCUT2D eigenvalue weighted by Gasteiger charge is -2.13. The highest BCUT2D eigenvalue weighted by Gasteiger charge is 2.05. The van der Waals surface area contributed by atoms with Crippen molar-refractivity contribution in [1.29, 1.82) is 0 Å². The van der Waals surface area contributed by atoms with Crippen LogP contribution in [0, 0.1) is 11.6 Å². The number of benzene rings is 2. The second-order valence-electron chi connectivity index (χ2n) is 5.65. The summed E-state index contributed by atoms with van der Waals surface area (Å²) in [6.07, 6.45) is 0. The average Bonchev–Trinajstić information content (AvgIpc) is 2.63. The summed E-state index contributed by atoms with van der Waals surface area (Å²) >= 11 is 0. The number of hydrogen-bond acceptors (Lipinski definition) is 3. The normalized spacial score (nSPS) is 10.6. The Kier molecular flexibility index (Phi) is 10.2. The van der Waals surface area contributed by atoms with Crippen LogP contribution in [0.3, 0.4) is 0 Å². The van der Waals surface area contributed by atoms with Crippen LogP contribution in [0.25, 0.3) is 0 Å². The Morgan fingerprint density at radius 1 is 1.14 bits per heavy atom. The van der Waals surface area contributed by atoms with Crippen LogP contribution in [0.4, 0.5) is 14.5 Å². The van der Waals surface area contributed by atoms with Gasteiger partial charge in [-0.15, -0.1) is 24.0 Å². The summed E-state index contributed by atoms with van der Waals surface area (Å²) in [4.78, 5) is 15.1. The molecule has 2 rings (SSSR count). The number of hydrogen-bond donors (Lipinski definition) is 3. The fourth-order valence-corrected chi connectivity index (χ4v) is 2.28. The molecule has 0 fully saturated rings. The van der Waals surface area contributed by atoms with Gasteiger partial charge in [0.25, 0.3) is 0 Å². The highest BCUT2D eigenvalue weighted by atomic mass is 127. The van der Waals surface area contributed by atoms with E-state index in [0.717, 1.165) is 18.2 Å². The van der Waals surface area contributed by atoms with Gasteiger partial charge in [0, 0.05) is 37.8 Å². The molecular weight excluding hydrogens is 481 g/mol. The number of rotatable bonds is 7. The molecule has 0 saturated heterocycles. The van der Waals surface area contributed by atoms with E-state index < -0.39 is 11.6 Å². The Morgan fingerprint density at radius 2 is 1.93 bits per heavy atom. The Hall–Kier alpha value is -2.43. The van der Waals surface area contributed by atoms with Crippen LogP contribution in [-0.4, -0.2) is 32.1 Å². The maximum Gasteiger partial charge on any atom is 0.221 e. The summed E-state index contributed by atoms with van der Waals surface area (Å²) < 4.78 is 32.4. The third-order valence-electron chi connectivity index (χ3n) is 3.50.